The first-order chi connectivity index (χ1) is 7.79. The first-order valence-electron chi connectivity index (χ1n) is 5.73. The maximum Gasteiger partial charge on any atom is 0.168 e. The highest BCUT2D eigenvalue weighted by atomic mass is 16.1. The molecule has 2 heterocycles. The molecule has 3 rings (SSSR count). The van der Waals surface area contributed by atoms with Crippen LogP contribution in [0, 0.1) is 6.92 Å². The zero-order valence-electron chi connectivity index (χ0n) is 9.31. The fourth-order valence-electron chi connectivity index (χ4n) is 2.28. The van der Waals surface area contributed by atoms with E-state index < -0.39 is 0 Å². The first-order valence-corrected chi connectivity index (χ1v) is 5.73. The zero-order valence-corrected chi connectivity index (χ0v) is 9.31. The van der Waals surface area contributed by atoms with E-state index in [1.165, 1.54) is 24.8 Å². The van der Waals surface area contributed by atoms with E-state index in [0.717, 1.165) is 23.3 Å². The van der Waals surface area contributed by atoms with Crippen LogP contribution in [0.4, 0.5) is 0 Å². The normalized spacial score (nSPS) is 16.3. The number of pyridine rings is 1. The molecule has 3 nitrogen and oxygen atoms in total. The summed E-state index contributed by atoms with van der Waals surface area (Å²) in [5, 5.41) is 0. The lowest BCUT2D eigenvalue weighted by Crippen LogP contribution is -2.11. The van der Waals surface area contributed by atoms with Gasteiger partial charge in [-0.05, 0) is 37.5 Å². The maximum atomic E-state index is 11.2. The Labute approximate surface area is 94.1 Å². The molecule has 0 aliphatic heterocycles. The number of rotatable bonds is 2. The van der Waals surface area contributed by atoms with E-state index in [4.69, 9.17) is 0 Å². The number of carbonyl (C=O) groups excluding carboxylic acids is 1. The molecule has 0 saturated heterocycles. The van der Waals surface area contributed by atoms with Crippen LogP contribution in [0.1, 0.15) is 46.9 Å². The molecule has 1 aliphatic rings. The van der Waals surface area contributed by atoms with Gasteiger partial charge in [0.15, 0.2) is 6.29 Å². The highest BCUT2D eigenvalue weighted by Crippen LogP contribution is 2.37. The third-order valence-corrected chi connectivity index (χ3v) is 3.45. The minimum Gasteiger partial charge on any atom is -0.297 e. The van der Waals surface area contributed by atoms with Gasteiger partial charge >= 0.3 is 0 Å². The average Bonchev–Trinajstić information content (AvgIpc) is 2.52. The molecule has 1 aliphatic carbocycles. The Kier molecular flexibility index (Phi) is 2.06. The van der Waals surface area contributed by atoms with Crippen LogP contribution in [0.25, 0.3) is 5.65 Å². The lowest BCUT2D eigenvalue weighted by atomic mass is 9.82. The van der Waals surface area contributed by atoms with E-state index >= 15 is 0 Å². The van der Waals surface area contributed by atoms with Crippen molar-refractivity contribution in [3.05, 3.63) is 35.3 Å². The van der Waals surface area contributed by atoms with Gasteiger partial charge < -0.3 is 0 Å². The van der Waals surface area contributed by atoms with Crippen LogP contribution >= 0.6 is 0 Å². The molecular weight excluding hydrogens is 200 g/mol. The first kappa shape index (κ1) is 9.58. The van der Waals surface area contributed by atoms with Crippen LogP contribution in [0.5, 0.6) is 0 Å². The number of aldehydes is 1. The second-order valence-corrected chi connectivity index (χ2v) is 4.56. The van der Waals surface area contributed by atoms with Gasteiger partial charge in [0.05, 0.1) is 5.69 Å². The second-order valence-electron chi connectivity index (χ2n) is 4.56. The number of imidazole rings is 1. The number of aromatic nitrogens is 2. The third-order valence-electron chi connectivity index (χ3n) is 3.45. The fraction of sp³-hybridized carbons (Fsp3) is 0.385. The van der Waals surface area contributed by atoms with Gasteiger partial charge in [-0.2, -0.15) is 0 Å². The summed E-state index contributed by atoms with van der Waals surface area (Å²) in [6.07, 6.45) is 6.47. The van der Waals surface area contributed by atoms with Crippen molar-refractivity contribution in [2.24, 2.45) is 0 Å². The van der Waals surface area contributed by atoms with Crippen LogP contribution in [0.15, 0.2) is 18.3 Å². The molecule has 3 heteroatoms. The summed E-state index contributed by atoms with van der Waals surface area (Å²) in [7, 11) is 0. The minimum absolute atomic E-state index is 0.500. The standard InChI is InChI=1S/C13H14N2O/c1-9-5-6-15-11(8-16)13(10-3-2-4-10)14-12(15)7-9/h5-8,10H,2-4H2,1H3. The highest BCUT2D eigenvalue weighted by molar-refractivity contribution is 5.77. The maximum absolute atomic E-state index is 11.2. The van der Waals surface area contributed by atoms with Crippen molar-refractivity contribution in [2.45, 2.75) is 32.1 Å². The second kappa shape index (κ2) is 3.44. The molecule has 2 aromatic heterocycles. The van der Waals surface area contributed by atoms with Crippen LogP contribution in [-0.2, 0) is 0 Å². The minimum atomic E-state index is 0.500. The summed E-state index contributed by atoms with van der Waals surface area (Å²) in [6, 6.07) is 4.03. The smallest absolute Gasteiger partial charge is 0.168 e. The van der Waals surface area contributed by atoms with Gasteiger partial charge in [0, 0.05) is 12.1 Å². The van der Waals surface area contributed by atoms with Crippen LogP contribution in [0.2, 0.25) is 0 Å². The Hall–Kier alpha value is -1.64. The van der Waals surface area contributed by atoms with Gasteiger partial charge in [-0.15, -0.1) is 0 Å². The summed E-state index contributed by atoms with van der Waals surface area (Å²) < 4.78 is 1.90. The number of aryl methyl sites for hydroxylation is 1. The average molecular weight is 214 g/mol. The van der Waals surface area contributed by atoms with E-state index in [2.05, 4.69) is 4.98 Å². The van der Waals surface area contributed by atoms with Crippen molar-refractivity contribution in [3.8, 4) is 0 Å². The molecule has 1 saturated carbocycles. The van der Waals surface area contributed by atoms with Gasteiger partial charge in [0.25, 0.3) is 0 Å². The summed E-state index contributed by atoms with van der Waals surface area (Å²) in [6.45, 7) is 2.04. The van der Waals surface area contributed by atoms with E-state index in [-0.39, 0.29) is 0 Å². The monoisotopic (exact) mass is 214 g/mol. The van der Waals surface area contributed by atoms with Gasteiger partial charge in [0.2, 0.25) is 0 Å². The van der Waals surface area contributed by atoms with E-state index in [1.807, 2.05) is 29.7 Å². The third kappa shape index (κ3) is 1.28. The molecule has 2 aromatic rings. The highest BCUT2D eigenvalue weighted by Gasteiger charge is 2.26. The molecule has 0 aromatic carbocycles. The van der Waals surface area contributed by atoms with Gasteiger partial charge in [-0.1, -0.05) is 6.42 Å². The molecule has 0 spiro atoms. The molecule has 0 N–H and O–H groups in total. The Bertz CT molecular complexity index is 552. The molecule has 82 valence electrons. The van der Waals surface area contributed by atoms with Crippen LogP contribution in [-0.4, -0.2) is 15.7 Å². The molecule has 16 heavy (non-hydrogen) atoms. The Morgan fingerprint density at radius 2 is 2.31 bits per heavy atom. The lowest BCUT2D eigenvalue weighted by molar-refractivity contribution is 0.111. The summed E-state index contributed by atoms with van der Waals surface area (Å²) in [5.41, 5.74) is 3.80. The molecular formula is C13H14N2O. The Balaban J connectivity index is 2.23. The van der Waals surface area contributed by atoms with Crippen molar-refractivity contribution in [1.82, 2.24) is 9.38 Å². The van der Waals surface area contributed by atoms with Gasteiger partial charge in [-0.25, -0.2) is 4.98 Å². The Morgan fingerprint density at radius 1 is 1.50 bits per heavy atom. The number of carbonyl (C=O) groups is 1. The Morgan fingerprint density at radius 3 is 2.94 bits per heavy atom. The molecule has 0 radical (unpaired) electrons. The van der Waals surface area contributed by atoms with Crippen molar-refractivity contribution in [2.75, 3.05) is 0 Å². The number of hydrogen-bond donors (Lipinski definition) is 0. The topological polar surface area (TPSA) is 34.4 Å². The predicted molar refractivity (Wildman–Crippen MR) is 61.9 cm³/mol. The van der Waals surface area contributed by atoms with Crippen LogP contribution in [0.3, 0.4) is 0 Å². The van der Waals surface area contributed by atoms with Crippen molar-refractivity contribution in [3.63, 3.8) is 0 Å². The summed E-state index contributed by atoms with van der Waals surface area (Å²) in [5.74, 6) is 0.500. The molecule has 0 bridgehead atoms. The van der Waals surface area contributed by atoms with Gasteiger partial charge in [0.1, 0.15) is 11.3 Å². The number of hydrogen-bond acceptors (Lipinski definition) is 2. The molecule has 0 unspecified atom stereocenters. The summed E-state index contributed by atoms with van der Waals surface area (Å²) >= 11 is 0. The molecule has 0 atom stereocenters. The van der Waals surface area contributed by atoms with Crippen LogP contribution < -0.4 is 0 Å². The zero-order chi connectivity index (χ0) is 11.1. The SMILES string of the molecule is Cc1ccn2c(C=O)c(C3CCC3)nc2c1. The summed E-state index contributed by atoms with van der Waals surface area (Å²) in [4.78, 5) is 15.8. The number of nitrogens with zero attached hydrogens (tertiary/aromatic N) is 2. The van der Waals surface area contributed by atoms with Crippen molar-refractivity contribution >= 4 is 11.9 Å². The molecule has 1 fully saturated rings. The predicted octanol–water partition coefficient (Wildman–Crippen LogP) is 2.72. The number of fused-ring (bicyclic) bond motifs is 1. The quantitative estimate of drug-likeness (QED) is 0.720. The van der Waals surface area contributed by atoms with E-state index in [0.29, 0.717) is 5.92 Å². The largest absolute Gasteiger partial charge is 0.297 e. The molecule has 0 amide bonds. The van der Waals surface area contributed by atoms with Crippen molar-refractivity contribution < 1.29 is 4.79 Å². The van der Waals surface area contributed by atoms with E-state index in [9.17, 15) is 4.79 Å². The van der Waals surface area contributed by atoms with Crippen molar-refractivity contribution in [1.29, 1.82) is 0 Å². The van der Waals surface area contributed by atoms with E-state index in [1.54, 1.807) is 0 Å². The van der Waals surface area contributed by atoms with Gasteiger partial charge in [-0.3, -0.25) is 9.20 Å². The fourth-order valence-corrected chi connectivity index (χ4v) is 2.28. The lowest BCUT2D eigenvalue weighted by Gasteiger charge is -2.23.